The molecule has 0 fully saturated rings. The summed E-state index contributed by atoms with van der Waals surface area (Å²) in [4.78, 5) is 0. The van der Waals surface area contributed by atoms with Gasteiger partial charge in [-0.25, -0.2) is 0 Å². The van der Waals surface area contributed by atoms with Crippen molar-refractivity contribution in [2.75, 3.05) is 13.1 Å². The van der Waals surface area contributed by atoms with E-state index in [1.54, 1.807) is 0 Å². The zero-order valence-corrected chi connectivity index (χ0v) is 11.4. The zero-order chi connectivity index (χ0) is 13.3. The molecule has 1 aromatic heterocycles. The van der Waals surface area contributed by atoms with Crippen LogP contribution in [0.1, 0.15) is 30.7 Å². The summed E-state index contributed by atoms with van der Waals surface area (Å²) in [5, 5.41) is 11.5. The molecule has 0 radical (unpaired) electrons. The fourth-order valence-electron chi connectivity index (χ4n) is 1.93. The summed E-state index contributed by atoms with van der Waals surface area (Å²) in [5.74, 6) is 1.49. The van der Waals surface area contributed by atoms with Crippen LogP contribution in [0.4, 0.5) is 0 Å². The average Bonchev–Trinajstić information content (AvgIpc) is 2.91. The molecule has 19 heavy (non-hydrogen) atoms. The standard InChI is InChI=1S/C15H21N3O/c1-2-16-12-6-9-14-17-18-15(19-14)11-10-13-7-4-3-5-8-13/h3-5,7-8,16H,2,6,9-12H2,1H3. The molecule has 0 amide bonds. The number of benzene rings is 1. The van der Waals surface area contributed by atoms with Crippen LogP contribution in [0.3, 0.4) is 0 Å². The van der Waals surface area contributed by atoms with Crippen LogP contribution >= 0.6 is 0 Å². The fraction of sp³-hybridized carbons (Fsp3) is 0.467. The highest BCUT2D eigenvalue weighted by atomic mass is 16.4. The van der Waals surface area contributed by atoms with Crippen LogP contribution in [0.15, 0.2) is 34.7 Å². The molecule has 0 bridgehead atoms. The van der Waals surface area contributed by atoms with Crippen molar-refractivity contribution in [3.63, 3.8) is 0 Å². The molecule has 0 aliphatic carbocycles. The molecule has 2 rings (SSSR count). The van der Waals surface area contributed by atoms with E-state index in [1.165, 1.54) is 5.56 Å². The van der Waals surface area contributed by atoms with E-state index < -0.39 is 0 Å². The lowest BCUT2D eigenvalue weighted by molar-refractivity contribution is 0.441. The van der Waals surface area contributed by atoms with Gasteiger partial charge in [0.25, 0.3) is 0 Å². The van der Waals surface area contributed by atoms with Crippen molar-refractivity contribution in [1.29, 1.82) is 0 Å². The van der Waals surface area contributed by atoms with Gasteiger partial charge in [-0.1, -0.05) is 37.3 Å². The first-order valence-electron chi connectivity index (χ1n) is 6.94. The molecule has 4 heteroatoms. The molecule has 0 atom stereocenters. The predicted molar refractivity (Wildman–Crippen MR) is 75.0 cm³/mol. The smallest absolute Gasteiger partial charge is 0.216 e. The molecular weight excluding hydrogens is 238 g/mol. The molecule has 0 unspecified atom stereocenters. The lowest BCUT2D eigenvalue weighted by Crippen LogP contribution is -2.14. The Morgan fingerprint density at radius 1 is 1.00 bits per heavy atom. The molecule has 102 valence electrons. The zero-order valence-electron chi connectivity index (χ0n) is 11.4. The highest BCUT2D eigenvalue weighted by Gasteiger charge is 2.05. The van der Waals surface area contributed by atoms with Gasteiger partial charge in [0.15, 0.2) is 0 Å². The van der Waals surface area contributed by atoms with Crippen molar-refractivity contribution in [3.05, 3.63) is 47.7 Å². The van der Waals surface area contributed by atoms with Crippen LogP contribution in [0.5, 0.6) is 0 Å². The van der Waals surface area contributed by atoms with Gasteiger partial charge in [-0.2, -0.15) is 0 Å². The van der Waals surface area contributed by atoms with Crippen molar-refractivity contribution >= 4 is 0 Å². The fourth-order valence-corrected chi connectivity index (χ4v) is 1.93. The highest BCUT2D eigenvalue weighted by Crippen LogP contribution is 2.07. The van der Waals surface area contributed by atoms with Gasteiger partial charge in [0.05, 0.1) is 0 Å². The summed E-state index contributed by atoms with van der Waals surface area (Å²) >= 11 is 0. The Kier molecular flexibility index (Phi) is 5.56. The molecule has 0 aliphatic rings. The summed E-state index contributed by atoms with van der Waals surface area (Å²) in [6.45, 7) is 4.11. The summed E-state index contributed by atoms with van der Waals surface area (Å²) in [7, 11) is 0. The van der Waals surface area contributed by atoms with E-state index in [9.17, 15) is 0 Å². The van der Waals surface area contributed by atoms with E-state index in [1.807, 2.05) is 6.07 Å². The Morgan fingerprint density at radius 3 is 2.47 bits per heavy atom. The maximum atomic E-state index is 5.64. The topological polar surface area (TPSA) is 51.0 Å². The second-order valence-corrected chi connectivity index (χ2v) is 4.53. The number of nitrogens with zero attached hydrogens (tertiary/aromatic N) is 2. The first-order valence-corrected chi connectivity index (χ1v) is 6.94. The van der Waals surface area contributed by atoms with Crippen molar-refractivity contribution in [2.24, 2.45) is 0 Å². The van der Waals surface area contributed by atoms with Gasteiger partial charge in [0, 0.05) is 12.8 Å². The second kappa shape index (κ2) is 7.69. The third kappa shape index (κ3) is 4.83. The van der Waals surface area contributed by atoms with E-state index in [0.717, 1.165) is 50.6 Å². The average molecular weight is 259 g/mol. The summed E-state index contributed by atoms with van der Waals surface area (Å²) in [6.07, 6.45) is 3.64. The van der Waals surface area contributed by atoms with Crippen LogP contribution in [0.2, 0.25) is 0 Å². The van der Waals surface area contributed by atoms with Crippen LogP contribution in [-0.2, 0) is 19.3 Å². The first-order chi connectivity index (χ1) is 9.38. The second-order valence-electron chi connectivity index (χ2n) is 4.53. The van der Waals surface area contributed by atoms with E-state index >= 15 is 0 Å². The minimum absolute atomic E-state index is 0.738. The van der Waals surface area contributed by atoms with Gasteiger partial charge in [-0.05, 0) is 31.5 Å². The van der Waals surface area contributed by atoms with E-state index in [2.05, 4.69) is 46.7 Å². The third-order valence-corrected chi connectivity index (χ3v) is 2.97. The number of aromatic nitrogens is 2. The van der Waals surface area contributed by atoms with Gasteiger partial charge in [0.2, 0.25) is 11.8 Å². The number of hydrogen-bond acceptors (Lipinski definition) is 4. The van der Waals surface area contributed by atoms with Crippen molar-refractivity contribution in [3.8, 4) is 0 Å². The Balaban J connectivity index is 1.74. The first kappa shape index (κ1) is 13.7. The molecule has 2 aromatic rings. The van der Waals surface area contributed by atoms with Gasteiger partial charge in [0.1, 0.15) is 0 Å². The molecule has 0 saturated heterocycles. The van der Waals surface area contributed by atoms with Gasteiger partial charge < -0.3 is 9.73 Å². The summed E-state index contributed by atoms with van der Waals surface area (Å²) < 4.78 is 5.64. The maximum absolute atomic E-state index is 5.64. The van der Waals surface area contributed by atoms with E-state index in [0.29, 0.717) is 0 Å². The minimum Gasteiger partial charge on any atom is -0.425 e. The van der Waals surface area contributed by atoms with Crippen molar-refractivity contribution < 1.29 is 4.42 Å². The van der Waals surface area contributed by atoms with Crippen LogP contribution < -0.4 is 5.32 Å². The van der Waals surface area contributed by atoms with Crippen LogP contribution in [-0.4, -0.2) is 23.3 Å². The molecule has 0 spiro atoms. The molecular formula is C15H21N3O. The quantitative estimate of drug-likeness (QED) is 0.740. The molecule has 0 saturated carbocycles. The van der Waals surface area contributed by atoms with Gasteiger partial charge in [-0.15, -0.1) is 10.2 Å². The number of aryl methyl sites for hydroxylation is 3. The Labute approximate surface area is 114 Å². The number of rotatable bonds is 8. The number of hydrogen-bond donors (Lipinski definition) is 1. The normalized spacial score (nSPS) is 10.8. The number of nitrogens with one attached hydrogen (secondary N) is 1. The van der Waals surface area contributed by atoms with Gasteiger partial charge >= 0.3 is 0 Å². The summed E-state index contributed by atoms with van der Waals surface area (Å²) in [5.41, 5.74) is 1.30. The third-order valence-electron chi connectivity index (χ3n) is 2.97. The largest absolute Gasteiger partial charge is 0.425 e. The van der Waals surface area contributed by atoms with E-state index in [4.69, 9.17) is 4.42 Å². The molecule has 4 nitrogen and oxygen atoms in total. The summed E-state index contributed by atoms with van der Waals surface area (Å²) in [6, 6.07) is 10.4. The molecule has 1 heterocycles. The Bertz CT molecular complexity index is 467. The molecule has 1 N–H and O–H groups in total. The molecule has 0 aliphatic heterocycles. The monoisotopic (exact) mass is 259 g/mol. The molecule has 1 aromatic carbocycles. The van der Waals surface area contributed by atoms with E-state index in [-0.39, 0.29) is 0 Å². The lowest BCUT2D eigenvalue weighted by Gasteiger charge is -1.98. The highest BCUT2D eigenvalue weighted by molar-refractivity contribution is 5.15. The predicted octanol–water partition coefficient (Wildman–Crippen LogP) is 2.40. The van der Waals surface area contributed by atoms with Crippen LogP contribution in [0.25, 0.3) is 0 Å². The minimum atomic E-state index is 0.738. The van der Waals surface area contributed by atoms with Crippen LogP contribution in [0, 0.1) is 0 Å². The Morgan fingerprint density at radius 2 is 1.74 bits per heavy atom. The lowest BCUT2D eigenvalue weighted by atomic mass is 10.1. The SMILES string of the molecule is CCNCCCc1nnc(CCc2ccccc2)o1. The van der Waals surface area contributed by atoms with Gasteiger partial charge in [-0.3, -0.25) is 0 Å². The van der Waals surface area contributed by atoms with Crippen molar-refractivity contribution in [2.45, 2.75) is 32.6 Å². The van der Waals surface area contributed by atoms with Crippen molar-refractivity contribution in [1.82, 2.24) is 15.5 Å². The maximum Gasteiger partial charge on any atom is 0.216 e. The Hall–Kier alpha value is -1.68.